The van der Waals surface area contributed by atoms with Gasteiger partial charge in [-0.3, -0.25) is 9.59 Å². The lowest BCUT2D eigenvalue weighted by molar-refractivity contribution is -0.114. The second kappa shape index (κ2) is 5.52. The van der Waals surface area contributed by atoms with Crippen LogP contribution in [0.25, 0.3) is 0 Å². The van der Waals surface area contributed by atoms with Crippen LogP contribution in [0.1, 0.15) is 22.8 Å². The molecule has 0 heterocycles. The average molecular weight is 272 g/mol. The Kier molecular flexibility index (Phi) is 3.79. The zero-order chi connectivity index (χ0) is 14.7. The van der Waals surface area contributed by atoms with E-state index in [4.69, 9.17) is 5.73 Å². The van der Waals surface area contributed by atoms with E-state index < -0.39 is 5.82 Å². The number of anilines is 2. The van der Waals surface area contributed by atoms with Gasteiger partial charge in [-0.25, -0.2) is 4.39 Å². The number of nitrogens with one attached hydrogen (secondary N) is 1. The summed E-state index contributed by atoms with van der Waals surface area (Å²) in [6.45, 7) is 1.40. The number of hydrogen-bond donors (Lipinski definition) is 2. The van der Waals surface area contributed by atoms with Crippen LogP contribution in [0.3, 0.4) is 0 Å². The molecule has 0 aliphatic heterocycles. The maximum absolute atomic E-state index is 13.2. The first-order chi connectivity index (χ1) is 9.45. The monoisotopic (exact) mass is 272 g/mol. The molecule has 4 nitrogen and oxygen atoms in total. The lowest BCUT2D eigenvalue weighted by Crippen LogP contribution is -2.07. The van der Waals surface area contributed by atoms with E-state index in [2.05, 4.69) is 5.32 Å². The Labute approximate surface area is 115 Å². The van der Waals surface area contributed by atoms with E-state index in [1.165, 1.54) is 13.0 Å². The first kappa shape index (κ1) is 13.7. The van der Waals surface area contributed by atoms with E-state index in [0.29, 0.717) is 11.3 Å². The molecule has 3 N–H and O–H groups in total. The van der Waals surface area contributed by atoms with Gasteiger partial charge in [-0.2, -0.15) is 0 Å². The predicted molar refractivity (Wildman–Crippen MR) is 75.0 cm³/mol. The summed E-state index contributed by atoms with van der Waals surface area (Å²) in [7, 11) is 0. The number of amides is 1. The smallest absolute Gasteiger partial charge is 0.221 e. The van der Waals surface area contributed by atoms with E-state index in [1.54, 1.807) is 24.3 Å². The Hall–Kier alpha value is -2.69. The van der Waals surface area contributed by atoms with Crippen LogP contribution >= 0.6 is 0 Å². The Bertz CT molecular complexity index is 646. The molecular formula is C15H13FN2O2. The highest BCUT2D eigenvalue weighted by Crippen LogP contribution is 2.17. The van der Waals surface area contributed by atoms with Gasteiger partial charge in [0.15, 0.2) is 5.78 Å². The highest BCUT2D eigenvalue weighted by atomic mass is 19.1. The first-order valence-electron chi connectivity index (χ1n) is 5.94. The molecule has 20 heavy (non-hydrogen) atoms. The van der Waals surface area contributed by atoms with E-state index in [-0.39, 0.29) is 22.9 Å². The number of carbonyl (C=O) groups excluding carboxylic acids is 2. The molecule has 1 amide bonds. The second-order valence-corrected chi connectivity index (χ2v) is 4.36. The minimum atomic E-state index is -0.553. The lowest BCUT2D eigenvalue weighted by atomic mass is 10.0. The molecule has 0 bridgehead atoms. The third-order valence-electron chi connectivity index (χ3n) is 2.65. The molecule has 102 valence electrons. The standard InChI is InChI=1S/C15H13FN2O2/c1-9(19)18-14-4-2-10(3-5-14)15(20)11-6-12(16)8-13(17)7-11/h2-8H,17H2,1H3,(H,18,19). The molecule has 5 heteroatoms. The molecule has 0 saturated heterocycles. The number of nitrogen functional groups attached to an aromatic ring is 1. The summed E-state index contributed by atoms with van der Waals surface area (Å²) < 4.78 is 13.2. The normalized spacial score (nSPS) is 10.1. The number of halogens is 1. The van der Waals surface area contributed by atoms with Gasteiger partial charge in [0.2, 0.25) is 5.91 Å². The van der Waals surface area contributed by atoms with Gasteiger partial charge in [0.05, 0.1) is 0 Å². The van der Waals surface area contributed by atoms with Gasteiger partial charge in [-0.15, -0.1) is 0 Å². The summed E-state index contributed by atoms with van der Waals surface area (Å²) >= 11 is 0. The summed E-state index contributed by atoms with van der Waals surface area (Å²) in [5.74, 6) is -1.07. The molecular weight excluding hydrogens is 259 g/mol. The minimum absolute atomic E-state index is 0.190. The van der Waals surface area contributed by atoms with Crippen molar-refractivity contribution in [3.63, 3.8) is 0 Å². The van der Waals surface area contributed by atoms with Crippen LogP contribution in [0.4, 0.5) is 15.8 Å². The maximum Gasteiger partial charge on any atom is 0.221 e. The van der Waals surface area contributed by atoms with Crippen LogP contribution in [0.5, 0.6) is 0 Å². The van der Waals surface area contributed by atoms with Crippen molar-refractivity contribution >= 4 is 23.1 Å². The zero-order valence-electron chi connectivity index (χ0n) is 10.8. The second-order valence-electron chi connectivity index (χ2n) is 4.36. The highest BCUT2D eigenvalue weighted by Gasteiger charge is 2.11. The Balaban J connectivity index is 2.26. The Morgan fingerprint density at radius 2 is 1.70 bits per heavy atom. The van der Waals surface area contributed by atoms with Crippen LogP contribution in [-0.4, -0.2) is 11.7 Å². The summed E-state index contributed by atoms with van der Waals surface area (Å²) in [6.07, 6.45) is 0. The molecule has 2 rings (SSSR count). The number of ketones is 1. The van der Waals surface area contributed by atoms with Gasteiger partial charge in [-0.05, 0) is 42.5 Å². The van der Waals surface area contributed by atoms with Crippen molar-refractivity contribution in [2.24, 2.45) is 0 Å². The van der Waals surface area contributed by atoms with Crippen molar-refractivity contribution in [2.75, 3.05) is 11.1 Å². The number of hydrogen-bond acceptors (Lipinski definition) is 3. The first-order valence-corrected chi connectivity index (χ1v) is 5.94. The molecule has 0 saturated carbocycles. The average Bonchev–Trinajstić information content (AvgIpc) is 2.37. The fourth-order valence-corrected chi connectivity index (χ4v) is 1.82. The van der Waals surface area contributed by atoms with Crippen molar-refractivity contribution in [1.82, 2.24) is 0 Å². The van der Waals surface area contributed by atoms with Gasteiger partial charge in [0.1, 0.15) is 5.82 Å². The van der Waals surface area contributed by atoms with Gasteiger partial charge in [0.25, 0.3) is 0 Å². The van der Waals surface area contributed by atoms with Gasteiger partial charge >= 0.3 is 0 Å². The quantitative estimate of drug-likeness (QED) is 0.666. The Morgan fingerprint density at radius 3 is 2.25 bits per heavy atom. The summed E-state index contributed by atoms with van der Waals surface area (Å²) in [5, 5.41) is 2.60. The van der Waals surface area contributed by atoms with Crippen molar-refractivity contribution in [3.05, 3.63) is 59.4 Å². The fraction of sp³-hybridized carbons (Fsp3) is 0.0667. The molecule has 0 aliphatic rings. The van der Waals surface area contributed by atoms with E-state index in [0.717, 1.165) is 12.1 Å². The van der Waals surface area contributed by atoms with Crippen molar-refractivity contribution < 1.29 is 14.0 Å². The maximum atomic E-state index is 13.2. The van der Waals surface area contributed by atoms with Gasteiger partial charge in [0, 0.05) is 29.4 Å². The largest absolute Gasteiger partial charge is 0.399 e. The molecule has 2 aromatic rings. The van der Waals surface area contributed by atoms with Crippen LogP contribution in [0.15, 0.2) is 42.5 Å². The van der Waals surface area contributed by atoms with E-state index >= 15 is 0 Å². The number of rotatable bonds is 3. The Morgan fingerprint density at radius 1 is 1.05 bits per heavy atom. The molecule has 0 aromatic heterocycles. The van der Waals surface area contributed by atoms with E-state index in [1.807, 2.05) is 0 Å². The molecule has 2 aromatic carbocycles. The SMILES string of the molecule is CC(=O)Nc1ccc(C(=O)c2cc(N)cc(F)c2)cc1. The molecule has 0 aliphatic carbocycles. The predicted octanol–water partition coefficient (Wildman–Crippen LogP) is 2.60. The molecule has 0 fully saturated rings. The third kappa shape index (κ3) is 3.20. The number of benzene rings is 2. The summed E-state index contributed by atoms with van der Waals surface area (Å²) in [4.78, 5) is 23.1. The van der Waals surface area contributed by atoms with Crippen molar-refractivity contribution in [1.29, 1.82) is 0 Å². The van der Waals surface area contributed by atoms with Crippen LogP contribution in [0.2, 0.25) is 0 Å². The van der Waals surface area contributed by atoms with E-state index in [9.17, 15) is 14.0 Å². The molecule has 0 radical (unpaired) electrons. The number of carbonyl (C=O) groups is 2. The van der Waals surface area contributed by atoms with Crippen LogP contribution in [-0.2, 0) is 4.79 Å². The van der Waals surface area contributed by atoms with Crippen LogP contribution in [0, 0.1) is 5.82 Å². The molecule has 0 atom stereocenters. The third-order valence-corrected chi connectivity index (χ3v) is 2.65. The number of nitrogens with two attached hydrogens (primary N) is 1. The zero-order valence-corrected chi connectivity index (χ0v) is 10.8. The van der Waals surface area contributed by atoms with Crippen LogP contribution < -0.4 is 11.1 Å². The molecule has 0 spiro atoms. The van der Waals surface area contributed by atoms with Crippen molar-refractivity contribution in [3.8, 4) is 0 Å². The topological polar surface area (TPSA) is 72.2 Å². The molecule has 0 unspecified atom stereocenters. The van der Waals surface area contributed by atoms with Gasteiger partial charge < -0.3 is 11.1 Å². The summed E-state index contributed by atoms with van der Waals surface area (Å²) in [6, 6.07) is 10.1. The highest BCUT2D eigenvalue weighted by molar-refractivity contribution is 6.09. The fourth-order valence-electron chi connectivity index (χ4n) is 1.82. The minimum Gasteiger partial charge on any atom is -0.399 e. The summed E-state index contributed by atoms with van der Waals surface area (Å²) in [5.41, 5.74) is 6.88. The van der Waals surface area contributed by atoms with Gasteiger partial charge in [-0.1, -0.05) is 0 Å². The van der Waals surface area contributed by atoms with Crippen molar-refractivity contribution in [2.45, 2.75) is 6.92 Å². The lowest BCUT2D eigenvalue weighted by Gasteiger charge is -2.05.